The summed E-state index contributed by atoms with van der Waals surface area (Å²) in [5, 5.41) is 21.2. The summed E-state index contributed by atoms with van der Waals surface area (Å²) in [7, 11) is 0. The number of aromatic nitrogens is 1. The van der Waals surface area contributed by atoms with Gasteiger partial charge in [-0.2, -0.15) is 0 Å². The number of amides is 1. The number of nitrogens with one attached hydrogen (secondary N) is 1. The Morgan fingerprint density at radius 1 is 1.61 bits per heavy atom. The molecule has 98 valence electrons. The van der Waals surface area contributed by atoms with Gasteiger partial charge in [0.25, 0.3) is 0 Å². The molecule has 1 aromatic rings. The number of rotatable bonds is 3. The van der Waals surface area contributed by atoms with Crippen molar-refractivity contribution in [3.63, 3.8) is 0 Å². The molecule has 1 aliphatic heterocycles. The topological polar surface area (TPSA) is 91.7 Å². The van der Waals surface area contributed by atoms with Crippen molar-refractivity contribution in [2.75, 3.05) is 11.9 Å². The standard InChI is InChI=1S/C12H16N2O4/c1-7(16)14-12-3-2-8(5-13-12)10-4-9(17)11(6-15)18-10/h2-3,5,9-11,15,17H,4,6H2,1H3,(H,13,14,16)/t9-,10+,11+/m0/s1. The van der Waals surface area contributed by atoms with Crippen LogP contribution in [-0.2, 0) is 9.53 Å². The highest BCUT2D eigenvalue weighted by molar-refractivity contribution is 5.87. The minimum Gasteiger partial charge on any atom is -0.394 e. The largest absolute Gasteiger partial charge is 0.394 e. The molecule has 0 aromatic carbocycles. The van der Waals surface area contributed by atoms with Crippen molar-refractivity contribution in [1.29, 1.82) is 0 Å². The van der Waals surface area contributed by atoms with Crippen molar-refractivity contribution >= 4 is 11.7 Å². The van der Waals surface area contributed by atoms with Gasteiger partial charge in [0.15, 0.2) is 0 Å². The van der Waals surface area contributed by atoms with Crippen molar-refractivity contribution in [1.82, 2.24) is 4.98 Å². The molecule has 1 amide bonds. The van der Waals surface area contributed by atoms with Crippen molar-refractivity contribution in [2.45, 2.75) is 31.7 Å². The number of aliphatic hydroxyl groups excluding tert-OH is 2. The van der Waals surface area contributed by atoms with Gasteiger partial charge >= 0.3 is 0 Å². The second-order valence-corrected chi connectivity index (χ2v) is 4.31. The molecule has 18 heavy (non-hydrogen) atoms. The SMILES string of the molecule is CC(=O)Nc1ccc([C@H]2C[C@H](O)[C@@H](CO)O2)cn1. The quantitative estimate of drug-likeness (QED) is 0.716. The van der Waals surface area contributed by atoms with E-state index in [4.69, 9.17) is 9.84 Å². The van der Waals surface area contributed by atoms with Crippen LogP contribution in [0.25, 0.3) is 0 Å². The minimum absolute atomic E-state index is 0.178. The van der Waals surface area contributed by atoms with Gasteiger partial charge in [-0.3, -0.25) is 4.79 Å². The van der Waals surface area contributed by atoms with Crippen molar-refractivity contribution in [3.05, 3.63) is 23.9 Å². The van der Waals surface area contributed by atoms with Crippen LogP contribution in [0.4, 0.5) is 5.82 Å². The van der Waals surface area contributed by atoms with Crippen LogP contribution >= 0.6 is 0 Å². The number of hydrogen-bond acceptors (Lipinski definition) is 5. The smallest absolute Gasteiger partial charge is 0.222 e. The number of carbonyl (C=O) groups excluding carboxylic acids is 1. The maximum absolute atomic E-state index is 10.8. The third-order valence-corrected chi connectivity index (χ3v) is 2.87. The first-order chi connectivity index (χ1) is 8.60. The van der Waals surface area contributed by atoms with Crippen LogP contribution in [0, 0.1) is 0 Å². The molecule has 0 saturated carbocycles. The molecule has 0 unspecified atom stereocenters. The zero-order chi connectivity index (χ0) is 13.1. The lowest BCUT2D eigenvalue weighted by atomic mass is 10.1. The van der Waals surface area contributed by atoms with E-state index in [1.54, 1.807) is 18.3 Å². The first-order valence-electron chi connectivity index (χ1n) is 5.78. The number of ether oxygens (including phenoxy) is 1. The summed E-state index contributed by atoms with van der Waals surface area (Å²) in [6.45, 7) is 1.22. The predicted octanol–water partition coefficient (Wildman–Crippen LogP) is 0.223. The maximum Gasteiger partial charge on any atom is 0.222 e. The van der Waals surface area contributed by atoms with Gasteiger partial charge in [0.05, 0.1) is 18.8 Å². The molecule has 1 fully saturated rings. The first kappa shape index (κ1) is 12.9. The molecular formula is C12H16N2O4. The molecule has 1 aliphatic rings. The normalized spacial score (nSPS) is 27.2. The van der Waals surface area contributed by atoms with Gasteiger partial charge in [-0.05, 0) is 11.6 Å². The summed E-state index contributed by atoms with van der Waals surface area (Å²) in [5.74, 6) is 0.298. The molecule has 0 radical (unpaired) electrons. The summed E-state index contributed by atoms with van der Waals surface area (Å²) in [6.07, 6.45) is 0.575. The summed E-state index contributed by atoms with van der Waals surface area (Å²) in [5.41, 5.74) is 0.819. The van der Waals surface area contributed by atoms with Gasteiger partial charge in [0.1, 0.15) is 11.9 Å². The fourth-order valence-electron chi connectivity index (χ4n) is 1.96. The Kier molecular flexibility index (Phi) is 3.90. The van der Waals surface area contributed by atoms with Gasteiger partial charge < -0.3 is 20.3 Å². The second kappa shape index (κ2) is 5.43. The van der Waals surface area contributed by atoms with Gasteiger partial charge in [0.2, 0.25) is 5.91 Å². The van der Waals surface area contributed by atoms with Gasteiger partial charge in [0, 0.05) is 19.5 Å². The van der Waals surface area contributed by atoms with E-state index in [0.717, 1.165) is 5.56 Å². The molecular weight excluding hydrogens is 236 g/mol. The van der Waals surface area contributed by atoms with Crippen LogP contribution in [0.15, 0.2) is 18.3 Å². The summed E-state index contributed by atoms with van der Waals surface area (Å²) >= 11 is 0. The monoisotopic (exact) mass is 252 g/mol. The predicted molar refractivity (Wildman–Crippen MR) is 63.9 cm³/mol. The number of hydrogen-bond donors (Lipinski definition) is 3. The lowest BCUT2D eigenvalue weighted by molar-refractivity contribution is -0.114. The average molecular weight is 252 g/mol. The second-order valence-electron chi connectivity index (χ2n) is 4.31. The minimum atomic E-state index is -0.657. The summed E-state index contributed by atoms with van der Waals surface area (Å²) in [4.78, 5) is 14.9. The van der Waals surface area contributed by atoms with Crippen molar-refractivity contribution in [2.24, 2.45) is 0 Å². The van der Waals surface area contributed by atoms with E-state index in [0.29, 0.717) is 12.2 Å². The number of pyridine rings is 1. The number of anilines is 1. The molecule has 3 N–H and O–H groups in total. The van der Waals surface area contributed by atoms with E-state index < -0.39 is 12.2 Å². The van der Waals surface area contributed by atoms with Crippen molar-refractivity contribution < 1.29 is 19.7 Å². The van der Waals surface area contributed by atoms with Crippen LogP contribution in [0.1, 0.15) is 25.0 Å². The number of aliphatic hydroxyl groups is 2. The highest BCUT2D eigenvalue weighted by atomic mass is 16.5. The molecule has 1 aromatic heterocycles. The summed E-state index contributed by atoms with van der Waals surface area (Å²) in [6, 6.07) is 3.47. The van der Waals surface area contributed by atoms with Gasteiger partial charge in [-0.15, -0.1) is 0 Å². The molecule has 2 heterocycles. The van der Waals surface area contributed by atoms with Crippen molar-refractivity contribution in [3.8, 4) is 0 Å². The lowest BCUT2D eigenvalue weighted by Gasteiger charge is -2.12. The highest BCUT2D eigenvalue weighted by Gasteiger charge is 2.34. The molecule has 6 nitrogen and oxygen atoms in total. The molecule has 1 saturated heterocycles. The Morgan fingerprint density at radius 3 is 2.89 bits per heavy atom. The van der Waals surface area contributed by atoms with E-state index in [1.807, 2.05) is 0 Å². The third-order valence-electron chi connectivity index (χ3n) is 2.87. The van der Waals surface area contributed by atoms with E-state index in [1.165, 1.54) is 6.92 Å². The molecule has 0 bridgehead atoms. The Morgan fingerprint density at radius 2 is 2.39 bits per heavy atom. The average Bonchev–Trinajstić information content (AvgIpc) is 2.71. The zero-order valence-corrected chi connectivity index (χ0v) is 10.0. The Bertz CT molecular complexity index is 421. The molecule has 3 atom stereocenters. The van der Waals surface area contributed by atoms with Gasteiger partial charge in [-0.25, -0.2) is 4.98 Å². The fraction of sp³-hybridized carbons (Fsp3) is 0.500. The highest BCUT2D eigenvalue weighted by Crippen LogP contribution is 2.32. The van der Waals surface area contributed by atoms with Crippen LogP contribution in [-0.4, -0.2) is 39.9 Å². The van der Waals surface area contributed by atoms with Crippen LogP contribution in [0.3, 0.4) is 0 Å². The van der Waals surface area contributed by atoms with E-state index in [2.05, 4.69) is 10.3 Å². The lowest BCUT2D eigenvalue weighted by Crippen LogP contribution is -2.24. The Labute approximate surface area is 105 Å². The molecule has 2 rings (SSSR count). The first-order valence-corrected chi connectivity index (χ1v) is 5.78. The van der Waals surface area contributed by atoms with E-state index >= 15 is 0 Å². The number of nitrogens with zero attached hydrogens (tertiary/aromatic N) is 1. The maximum atomic E-state index is 10.8. The number of carbonyl (C=O) groups is 1. The van der Waals surface area contributed by atoms with Crippen LogP contribution in [0.5, 0.6) is 0 Å². The third kappa shape index (κ3) is 2.84. The van der Waals surface area contributed by atoms with E-state index in [-0.39, 0.29) is 18.6 Å². The van der Waals surface area contributed by atoms with Gasteiger partial charge in [-0.1, -0.05) is 6.07 Å². The van der Waals surface area contributed by atoms with Crippen LogP contribution < -0.4 is 5.32 Å². The Balaban J connectivity index is 2.04. The summed E-state index contributed by atoms with van der Waals surface area (Å²) < 4.78 is 5.50. The molecule has 0 aliphatic carbocycles. The zero-order valence-electron chi connectivity index (χ0n) is 10.0. The van der Waals surface area contributed by atoms with Crippen LogP contribution in [0.2, 0.25) is 0 Å². The molecule has 6 heteroatoms. The molecule has 0 spiro atoms. The fourth-order valence-corrected chi connectivity index (χ4v) is 1.96. The Hall–Kier alpha value is -1.50. The van der Waals surface area contributed by atoms with E-state index in [9.17, 15) is 9.90 Å².